The Balaban J connectivity index is 2.21. The zero-order valence-electron chi connectivity index (χ0n) is 9.56. The summed E-state index contributed by atoms with van der Waals surface area (Å²) in [5, 5.41) is 20.5. The van der Waals surface area contributed by atoms with Gasteiger partial charge in [-0.15, -0.1) is 0 Å². The Bertz CT molecular complexity index is 340. The van der Waals surface area contributed by atoms with Gasteiger partial charge in [-0.2, -0.15) is 11.8 Å². The fraction of sp³-hybridized carbons (Fsp3) is 0.417. The van der Waals surface area contributed by atoms with E-state index in [4.69, 9.17) is 10.2 Å². The number of anilines is 1. The largest absolute Gasteiger partial charge is 0.478 e. The van der Waals surface area contributed by atoms with Gasteiger partial charge in [0.15, 0.2) is 0 Å². The lowest BCUT2D eigenvalue weighted by Crippen LogP contribution is -2.05. The average Bonchev–Trinajstić information content (AvgIpc) is 2.34. The van der Waals surface area contributed by atoms with Crippen molar-refractivity contribution in [3.8, 4) is 0 Å². The lowest BCUT2D eigenvalue weighted by Gasteiger charge is -2.06. The molecule has 0 radical (unpaired) electrons. The lowest BCUT2D eigenvalue weighted by molar-refractivity contribution is 0.0697. The van der Waals surface area contributed by atoms with E-state index in [-0.39, 0.29) is 6.61 Å². The molecule has 0 bridgehead atoms. The monoisotopic (exact) mass is 255 g/mol. The van der Waals surface area contributed by atoms with Crippen molar-refractivity contribution >= 4 is 23.4 Å². The van der Waals surface area contributed by atoms with Gasteiger partial charge in [0.1, 0.15) is 0 Å². The van der Waals surface area contributed by atoms with Crippen molar-refractivity contribution < 1.29 is 15.0 Å². The van der Waals surface area contributed by atoms with Gasteiger partial charge in [0.05, 0.1) is 5.56 Å². The molecule has 1 aromatic carbocycles. The fourth-order valence-corrected chi connectivity index (χ4v) is 2.05. The Morgan fingerprint density at radius 1 is 1.24 bits per heavy atom. The van der Waals surface area contributed by atoms with Gasteiger partial charge in [-0.3, -0.25) is 0 Å². The Kier molecular flexibility index (Phi) is 6.50. The predicted octanol–water partition coefficient (Wildman–Crippen LogP) is 1.91. The van der Waals surface area contributed by atoms with Gasteiger partial charge in [-0.1, -0.05) is 0 Å². The molecule has 0 aromatic heterocycles. The van der Waals surface area contributed by atoms with Crippen LogP contribution in [-0.4, -0.2) is 40.8 Å². The SMILES string of the molecule is O=C(O)c1ccc(NCCSCCCO)cc1. The van der Waals surface area contributed by atoms with E-state index >= 15 is 0 Å². The molecule has 0 unspecified atom stereocenters. The molecule has 0 aliphatic rings. The number of aliphatic hydroxyl groups excluding tert-OH is 1. The molecular weight excluding hydrogens is 238 g/mol. The third-order valence-electron chi connectivity index (χ3n) is 2.15. The number of carbonyl (C=O) groups is 1. The zero-order chi connectivity index (χ0) is 12.5. The molecular formula is C12H17NO3S. The summed E-state index contributed by atoms with van der Waals surface area (Å²) in [6.45, 7) is 1.08. The van der Waals surface area contributed by atoms with Crippen LogP contribution in [0.3, 0.4) is 0 Å². The number of benzene rings is 1. The molecule has 0 amide bonds. The van der Waals surface area contributed by atoms with Crippen molar-refractivity contribution in [3.05, 3.63) is 29.8 Å². The van der Waals surface area contributed by atoms with Crippen LogP contribution < -0.4 is 5.32 Å². The van der Waals surface area contributed by atoms with Crippen molar-refractivity contribution in [2.45, 2.75) is 6.42 Å². The minimum absolute atomic E-state index is 0.247. The molecule has 0 fully saturated rings. The van der Waals surface area contributed by atoms with Gasteiger partial charge in [0.2, 0.25) is 0 Å². The number of nitrogens with one attached hydrogen (secondary N) is 1. The average molecular weight is 255 g/mol. The summed E-state index contributed by atoms with van der Waals surface area (Å²) in [7, 11) is 0. The van der Waals surface area contributed by atoms with Crippen LogP contribution in [0.1, 0.15) is 16.8 Å². The van der Waals surface area contributed by atoms with Crippen LogP contribution in [0.5, 0.6) is 0 Å². The molecule has 0 saturated carbocycles. The first kappa shape index (κ1) is 13.9. The van der Waals surface area contributed by atoms with E-state index in [2.05, 4.69) is 5.32 Å². The molecule has 4 nitrogen and oxygen atoms in total. The molecule has 3 N–H and O–H groups in total. The number of hydrogen-bond donors (Lipinski definition) is 3. The Morgan fingerprint density at radius 3 is 2.53 bits per heavy atom. The minimum atomic E-state index is -0.906. The number of thioether (sulfide) groups is 1. The van der Waals surface area contributed by atoms with Crippen LogP contribution in [0.2, 0.25) is 0 Å². The van der Waals surface area contributed by atoms with Crippen LogP contribution in [0, 0.1) is 0 Å². The second-order valence-electron chi connectivity index (χ2n) is 3.50. The third-order valence-corrected chi connectivity index (χ3v) is 3.22. The van der Waals surface area contributed by atoms with E-state index in [0.29, 0.717) is 5.56 Å². The number of rotatable bonds is 8. The first-order chi connectivity index (χ1) is 8.24. The summed E-state index contributed by atoms with van der Waals surface area (Å²) in [5.74, 6) is 1.03. The van der Waals surface area contributed by atoms with Crippen molar-refractivity contribution in [1.29, 1.82) is 0 Å². The van der Waals surface area contributed by atoms with Gasteiger partial charge in [0, 0.05) is 24.6 Å². The quantitative estimate of drug-likeness (QED) is 0.619. The Labute approximate surface area is 105 Å². The zero-order valence-corrected chi connectivity index (χ0v) is 10.4. The number of aliphatic hydroxyl groups is 1. The van der Waals surface area contributed by atoms with Crippen LogP contribution in [0.15, 0.2) is 24.3 Å². The highest BCUT2D eigenvalue weighted by molar-refractivity contribution is 7.99. The number of hydrogen-bond acceptors (Lipinski definition) is 4. The van der Waals surface area contributed by atoms with Crippen LogP contribution >= 0.6 is 11.8 Å². The van der Waals surface area contributed by atoms with Crippen LogP contribution in [-0.2, 0) is 0 Å². The van der Waals surface area contributed by atoms with Crippen LogP contribution in [0.4, 0.5) is 5.69 Å². The fourth-order valence-electron chi connectivity index (χ4n) is 1.27. The van der Waals surface area contributed by atoms with Gasteiger partial charge in [-0.25, -0.2) is 4.79 Å². The predicted molar refractivity (Wildman–Crippen MR) is 70.9 cm³/mol. The van der Waals surface area contributed by atoms with Crippen molar-refractivity contribution in [1.82, 2.24) is 0 Å². The first-order valence-corrected chi connectivity index (χ1v) is 6.65. The maximum absolute atomic E-state index is 10.6. The van der Waals surface area contributed by atoms with E-state index in [1.54, 1.807) is 36.0 Å². The van der Waals surface area contributed by atoms with Crippen molar-refractivity contribution in [2.75, 3.05) is 30.0 Å². The number of carboxylic acids is 1. The summed E-state index contributed by atoms with van der Waals surface area (Å²) < 4.78 is 0. The highest BCUT2D eigenvalue weighted by Crippen LogP contribution is 2.10. The van der Waals surface area contributed by atoms with E-state index in [1.165, 1.54) is 0 Å². The topological polar surface area (TPSA) is 69.6 Å². The molecule has 0 aliphatic carbocycles. The molecule has 5 heteroatoms. The molecule has 94 valence electrons. The Morgan fingerprint density at radius 2 is 1.94 bits per heavy atom. The summed E-state index contributed by atoms with van der Waals surface area (Å²) in [4.78, 5) is 10.6. The van der Waals surface area contributed by atoms with E-state index in [9.17, 15) is 4.79 Å². The molecule has 1 aromatic rings. The second kappa shape index (κ2) is 7.97. The lowest BCUT2D eigenvalue weighted by atomic mass is 10.2. The first-order valence-electron chi connectivity index (χ1n) is 5.50. The van der Waals surface area contributed by atoms with E-state index in [0.717, 1.165) is 30.2 Å². The summed E-state index contributed by atoms with van der Waals surface area (Å²) in [6, 6.07) is 6.71. The maximum Gasteiger partial charge on any atom is 0.335 e. The van der Waals surface area contributed by atoms with Gasteiger partial charge < -0.3 is 15.5 Å². The van der Waals surface area contributed by atoms with E-state index < -0.39 is 5.97 Å². The molecule has 0 heterocycles. The van der Waals surface area contributed by atoms with Gasteiger partial charge in [-0.05, 0) is 36.4 Å². The highest BCUT2D eigenvalue weighted by Gasteiger charge is 2.00. The molecule has 17 heavy (non-hydrogen) atoms. The summed E-state index contributed by atoms with van der Waals surface area (Å²) in [6.07, 6.45) is 0.831. The molecule has 0 atom stereocenters. The van der Waals surface area contributed by atoms with Crippen LogP contribution in [0.25, 0.3) is 0 Å². The highest BCUT2D eigenvalue weighted by atomic mass is 32.2. The third kappa shape index (κ3) is 5.60. The van der Waals surface area contributed by atoms with E-state index in [1.807, 2.05) is 0 Å². The summed E-state index contributed by atoms with van der Waals surface area (Å²) >= 11 is 1.79. The smallest absolute Gasteiger partial charge is 0.335 e. The molecule has 0 spiro atoms. The van der Waals surface area contributed by atoms with Crippen molar-refractivity contribution in [3.63, 3.8) is 0 Å². The molecule has 0 aliphatic heterocycles. The second-order valence-corrected chi connectivity index (χ2v) is 4.72. The maximum atomic E-state index is 10.6. The standard InChI is InChI=1S/C12H17NO3S/c14-7-1-8-17-9-6-13-11-4-2-10(3-5-11)12(15)16/h2-5,13-14H,1,6-9H2,(H,15,16). The van der Waals surface area contributed by atoms with Gasteiger partial charge in [0.25, 0.3) is 0 Å². The molecule has 0 saturated heterocycles. The molecule has 1 rings (SSSR count). The summed E-state index contributed by atoms with van der Waals surface area (Å²) in [5.41, 5.74) is 1.23. The van der Waals surface area contributed by atoms with Gasteiger partial charge >= 0.3 is 5.97 Å². The number of aromatic carboxylic acids is 1. The van der Waals surface area contributed by atoms with Crippen molar-refractivity contribution in [2.24, 2.45) is 0 Å². The number of carboxylic acid groups (broad SMARTS) is 1. The normalized spacial score (nSPS) is 10.2. The Hall–Kier alpha value is -1.20. The minimum Gasteiger partial charge on any atom is -0.478 e.